The maximum absolute atomic E-state index is 13.0. The molecule has 0 aliphatic carbocycles. The lowest BCUT2D eigenvalue weighted by Gasteiger charge is -2.20. The molecule has 1 aliphatic heterocycles. The Morgan fingerprint density at radius 2 is 2.03 bits per heavy atom. The summed E-state index contributed by atoms with van der Waals surface area (Å²) in [7, 11) is 0. The lowest BCUT2D eigenvalue weighted by Crippen LogP contribution is -2.14. The van der Waals surface area contributed by atoms with Crippen molar-refractivity contribution in [2.75, 3.05) is 13.2 Å². The molecule has 1 fully saturated rings. The number of ketones is 1. The van der Waals surface area contributed by atoms with E-state index in [9.17, 15) is 13.6 Å². The first kappa shape index (κ1) is 22.6. The first-order valence-electron chi connectivity index (χ1n) is 10.6. The van der Waals surface area contributed by atoms with Gasteiger partial charge < -0.3 is 9.47 Å². The summed E-state index contributed by atoms with van der Waals surface area (Å²) in [6, 6.07) is 5.80. The predicted molar refractivity (Wildman–Crippen MR) is 116 cm³/mol. The average Bonchev–Trinajstić information content (AvgIpc) is 3.09. The number of ether oxygens (including phenoxy) is 2. The number of aromatic nitrogens is 3. The van der Waals surface area contributed by atoms with Gasteiger partial charge in [0.15, 0.2) is 5.78 Å². The molecule has 0 amide bonds. The Labute approximate surface area is 189 Å². The molecule has 0 radical (unpaired) electrons. The summed E-state index contributed by atoms with van der Waals surface area (Å²) >= 11 is 6.67. The van der Waals surface area contributed by atoms with Crippen molar-refractivity contribution in [3.05, 3.63) is 58.3 Å². The molecule has 3 aromatic heterocycles. The molecule has 170 valence electrons. The molecule has 1 aliphatic rings. The van der Waals surface area contributed by atoms with Crippen LogP contribution in [0.4, 0.5) is 8.78 Å². The molecule has 3 aromatic rings. The number of rotatable bonds is 7. The fraction of sp³-hybridized carbons (Fsp3) is 0.435. The number of nitrogens with zero attached hydrogens (tertiary/aromatic N) is 3. The second kappa shape index (κ2) is 9.50. The number of halogens is 3. The highest BCUT2D eigenvalue weighted by molar-refractivity contribution is 6.30. The third-order valence-electron chi connectivity index (χ3n) is 5.37. The van der Waals surface area contributed by atoms with Gasteiger partial charge in [-0.05, 0) is 38.8 Å². The Kier molecular flexibility index (Phi) is 6.71. The van der Waals surface area contributed by atoms with Gasteiger partial charge in [0.25, 0.3) is 6.43 Å². The average molecular weight is 464 g/mol. The van der Waals surface area contributed by atoms with Crippen molar-refractivity contribution >= 4 is 23.0 Å². The largest absolute Gasteiger partial charge is 0.491 e. The van der Waals surface area contributed by atoms with Crippen molar-refractivity contribution < 1.29 is 23.0 Å². The number of imidazole rings is 1. The van der Waals surface area contributed by atoms with Crippen LogP contribution < -0.4 is 4.74 Å². The van der Waals surface area contributed by atoms with Gasteiger partial charge >= 0.3 is 0 Å². The lowest BCUT2D eigenvalue weighted by molar-refractivity contribution is 0.0846. The molecule has 0 bridgehead atoms. The molecular weight excluding hydrogens is 440 g/mol. The smallest absolute Gasteiger partial charge is 0.280 e. The van der Waals surface area contributed by atoms with Gasteiger partial charge in [-0.15, -0.1) is 0 Å². The Morgan fingerprint density at radius 1 is 1.28 bits per heavy atom. The quantitative estimate of drug-likeness (QED) is 0.437. The van der Waals surface area contributed by atoms with Crippen LogP contribution in [-0.4, -0.2) is 39.5 Å². The van der Waals surface area contributed by atoms with Crippen molar-refractivity contribution in [3.8, 4) is 5.75 Å². The minimum Gasteiger partial charge on any atom is -0.491 e. The van der Waals surface area contributed by atoms with Crippen LogP contribution in [0.25, 0.3) is 5.65 Å². The minimum atomic E-state index is -2.74. The van der Waals surface area contributed by atoms with E-state index < -0.39 is 12.1 Å². The third kappa shape index (κ3) is 4.76. The maximum atomic E-state index is 13.0. The summed E-state index contributed by atoms with van der Waals surface area (Å²) in [5.41, 5.74) is 1.57. The van der Waals surface area contributed by atoms with Crippen LogP contribution in [-0.2, 0) is 11.2 Å². The van der Waals surface area contributed by atoms with E-state index in [1.54, 1.807) is 16.7 Å². The van der Waals surface area contributed by atoms with E-state index in [1.807, 2.05) is 13.8 Å². The second-order valence-electron chi connectivity index (χ2n) is 8.08. The number of fused-ring (bicyclic) bond motifs is 1. The van der Waals surface area contributed by atoms with Crippen molar-refractivity contribution in [2.24, 2.45) is 0 Å². The molecule has 0 atom stereocenters. The zero-order valence-electron chi connectivity index (χ0n) is 17.9. The molecule has 9 heteroatoms. The van der Waals surface area contributed by atoms with E-state index in [0.29, 0.717) is 35.3 Å². The van der Waals surface area contributed by atoms with E-state index >= 15 is 0 Å². The van der Waals surface area contributed by atoms with Crippen LogP contribution in [0.15, 0.2) is 30.5 Å². The van der Waals surface area contributed by atoms with Crippen molar-refractivity contribution in [1.82, 2.24) is 14.4 Å². The molecule has 4 heterocycles. The van der Waals surface area contributed by atoms with E-state index in [2.05, 4.69) is 4.98 Å². The Hall–Kier alpha value is -2.58. The highest BCUT2D eigenvalue weighted by Crippen LogP contribution is 2.34. The van der Waals surface area contributed by atoms with Gasteiger partial charge in [-0.1, -0.05) is 17.7 Å². The predicted octanol–water partition coefficient (Wildman–Crippen LogP) is 5.43. The molecule has 0 aromatic carbocycles. The molecule has 1 saturated heterocycles. The summed E-state index contributed by atoms with van der Waals surface area (Å²) in [4.78, 5) is 21.4. The number of hydrogen-bond acceptors (Lipinski definition) is 5. The number of carbonyl (C=O) groups excluding carboxylic acids is 1. The molecule has 6 nitrogen and oxygen atoms in total. The summed E-state index contributed by atoms with van der Waals surface area (Å²) in [6.07, 6.45) is 0.477. The fourth-order valence-electron chi connectivity index (χ4n) is 3.82. The monoisotopic (exact) mass is 463 g/mol. The van der Waals surface area contributed by atoms with E-state index in [-0.39, 0.29) is 29.9 Å². The highest BCUT2D eigenvalue weighted by Gasteiger charge is 2.24. The van der Waals surface area contributed by atoms with Crippen molar-refractivity contribution in [1.29, 1.82) is 0 Å². The topological polar surface area (TPSA) is 65.7 Å². The normalized spacial score (nSPS) is 15.1. The molecule has 0 unspecified atom stereocenters. The summed E-state index contributed by atoms with van der Waals surface area (Å²) in [6.45, 7) is 5.10. The molecule has 0 N–H and O–H groups in total. The van der Waals surface area contributed by atoms with Gasteiger partial charge in [0.1, 0.15) is 27.9 Å². The molecule has 4 rings (SSSR count). The standard InChI is InChI=1S/C23H24ClF2N3O3/c1-13(2)32-19-11-20-28-21(14-6-8-31-9-7-14)22(24)29(20)12-15(19)10-18(30)16-4-3-5-17(27-16)23(25)26/h3-5,11-14,23H,6-10H2,1-2H3. The van der Waals surface area contributed by atoms with Gasteiger partial charge in [-0.3, -0.25) is 9.20 Å². The van der Waals surface area contributed by atoms with Gasteiger partial charge in [0.05, 0.1) is 11.8 Å². The maximum Gasteiger partial charge on any atom is 0.280 e. The fourth-order valence-corrected chi connectivity index (χ4v) is 4.15. The molecule has 32 heavy (non-hydrogen) atoms. The van der Waals surface area contributed by atoms with Crippen LogP contribution in [0.2, 0.25) is 5.15 Å². The SMILES string of the molecule is CC(C)Oc1cc2nc(C3CCOCC3)c(Cl)n2cc1CC(=O)c1cccc(C(F)F)n1. The highest BCUT2D eigenvalue weighted by atomic mass is 35.5. The third-order valence-corrected chi connectivity index (χ3v) is 5.74. The summed E-state index contributed by atoms with van der Waals surface area (Å²) in [5, 5.41) is 0.495. The Balaban J connectivity index is 1.71. The zero-order valence-corrected chi connectivity index (χ0v) is 18.6. The summed E-state index contributed by atoms with van der Waals surface area (Å²) < 4.78 is 39.1. The van der Waals surface area contributed by atoms with Gasteiger partial charge in [0, 0.05) is 43.4 Å². The number of hydrogen-bond donors (Lipinski definition) is 0. The van der Waals surface area contributed by atoms with Crippen LogP contribution in [0.1, 0.15) is 66.5 Å². The lowest BCUT2D eigenvalue weighted by atomic mass is 9.97. The van der Waals surface area contributed by atoms with E-state index in [1.165, 1.54) is 18.2 Å². The van der Waals surface area contributed by atoms with Crippen molar-refractivity contribution in [3.63, 3.8) is 0 Å². The van der Waals surface area contributed by atoms with Crippen LogP contribution in [0.3, 0.4) is 0 Å². The zero-order chi connectivity index (χ0) is 22.8. The molecule has 0 saturated carbocycles. The first-order valence-corrected chi connectivity index (χ1v) is 10.9. The van der Waals surface area contributed by atoms with Gasteiger partial charge in [-0.2, -0.15) is 0 Å². The first-order chi connectivity index (χ1) is 15.3. The molecular formula is C23H24ClF2N3O3. The van der Waals surface area contributed by atoms with Crippen LogP contribution in [0, 0.1) is 0 Å². The number of carbonyl (C=O) groups is 1. The summed E-state index contributed by atoms with van der Waals surface area (Å²) in [5.74, 6) is 0.324. The van der Waals surface area contributed by atoms with Crippen LogP contribution >= 0.6 is 11.6 Å². The minimum absolute atomic E-state index is 0.0157. The number of Topliss-reactive ketones (excluding diaryl/α,β-unsaturated/α-hetero) is 1. The van der Waals surface area contributed by atoms with E-state index in [0.717, 1.165) is 18.5 Å². The Bertz CT molecular complexity index is 1130. The van der Waals surface area contributed by atoms with Crippen LogP contribution in [0.5, 0.6) is 5.75 Å². The molecule has 0 spiro atoms. The Morgan fingerprint density at radius 3 is 2.72 bits per heavy atom. The van der Waals surface area contributed by atoms with Crippen molar-refractivity contribution in [2.45, 2.75) is 51.6 Å². The van der Waals surface area contributed by atoms with E-state index in [4.69, 9.17) is 26.1 Å². The van der Waals surface area contributed by atoms with Gasteiger partial charge in [-0.25, -0.2) is 18.7 Å². The van der Waals surface area contributed by atoms with Gasteiger partial charge in [0.2, 0.25) is 0 Å². The number of alkyl halides is 2. The second-order valence-corrected chi connectivity index (χ2v) is 8.44. The number of pyridine rings is 2.